The molecule has 1 heteroatoms. The molecule has 17 heavy (non-hydrogen) atoms. The molecule has 0 nitrogen and oxygen atoms in total. The van der Waals surface area contributed by atoms with Gasteiger partial charge in [-0.1, -0.05) is 60.1 Å². The first-order valence-electron chi connectivity index (χ1n) is 5.76. The Labute approximate surface area is 101 Å². The van der Waals surface area contributed by atoms with Gasteiger partial charge in [0.1, 0.15) is 7.85 Å². The van der Waals surface area contributed by atoms with Crippen LogP contribution in [0.1, 0.15) is 0 Å². The summed E-state index contributed by atoms with van der Waals surface area (Å²) in [5, 5.41) is 7.61. The Morgan fingerprint density at radius 1 is 0.588 bits per heavy atom. The SMILES string of the molecule is [B]c1ccc2ccc3cccc4ccc1c2c34. The van der Waals surface area contributed by atoms with Gasteiger partial charge in [-0.15, -0.1) is 0 Å². The van der Waals surface area contributed by atoms with Gasteiger partial charge in [0, 0.05) is 0 Å². The molecule has 0 fully saturated rings. The normalized spacial score (nSPS) is 11.8. The standard InChI is InChI=1S/C16H9B/c17-14-9-7-12-5-4-10-2-1-3-11-6-8-13(14)16(12)15(10)11/h1-9H. The average molecular weight is 212 g/mol. The number of hydrogen-bond acceptors (Lipinski definition) is 0. The van der Waals surface area contributed by atoms with Crippen molar-refractivity contribution in [1.82, 2.24) is 0 Å². The Morgan fingerprint density at radius 3 is 1.94 bits per heavy atom. The summed E-state index contributed by atoms with van der Waals surface area (Å²) in [5.41, 5.74) is 0.857. The highest BCUT2D eigenvalue weighted by molar-refractivity contribution is 6.42. The van der Waals surface area contributed by atoms with Crippen LogP contribution in [0.2, 0.25) is 0 Å². The highest BCUT2D eigenvalue weighted by atomic mass is 14.1. The summed E-state index contributed by atoms with van der Waals surface area (Å²) in [6, 6.07) is 19.1. The van der Waals surface area contributed by atoms with Gasteiger partial charge in [0.2, 0.25) is 0 Å². The van der Waals surface area contributed by atoms with Crippen molar-refractivity contribution in [2.24, 2.45) is 0 Å². The van der Waals surface area contributed by atoms with Crippen LogP contribution in [0.25, 0.3) is 32.3 Å². The van der Waals surface area contributed by atoms with Crippen LogP contribution in [-0.2, 0) is 0 Å². The summed E-state index contributed by atoms with van der Waals surface area (Å²) in [5.74, 6) is 0. The summed E-state index contributed by atoms with van der Waals surface area (Å²) in [7, 11) is 6.07. The maximum absolute atomic E-state index is 6.07. The summed E-state index contributed by atoms with van der Waals surface area (Å²) < 4.78 is 0. The lowest BCUT2D eigenvalue weighted by atomic mass is 9.85. The van der Waals surface area contributed by atoms with E-state index in [9.17, 15) is 0 Å². The molecule has 76 valence electrons. The molecule has 4 aromatic carbocycles. The minimum atomic E-state index is 0.857. The molecule has 0 N–H and O–H groups in total. The molecule has 0 saturated heterocycles. The molecule has 0 atom stereocenters. The zero-order valence-corrected chi connectivity index (χ0v) is 9.27. The minimum Gasteiger partial charge on any atom is -0.0889 e. The minimum absolute atomic E-state index is 0.857. The fraction of sp³-hybridized carbons (Fsp3) is 0. The summed E-state index contributed by atoms with van der Waals surface area (Å²) >= 11 is 0. The maximum atomic E-state index is 6.07. The molecular formula is C16H9B. The molecule has 0 heterocycles. The first kappa shape index (κ1) is 9.06. The molecule has 0 aliphatic rings. The van der Waals surface area contributed by atoms with Gasteiger partial charge in [0.05, 0.1) is 0 Å². The van der Waals surface area contributed by atoms with Crippen LogP contribution in [-0.4, -0.2) is 7.85 Å². The van der Waals surface area contributed by atoms with Gasteiger partial charge < -0.3 is 0 Å². The van der Waals surface area contributed by atoms with Gasteiger partial charge in [-0.25, -0.2) is 0 Å². The largest absolute Gasteiger partial charge is 0.114 e. The van der Waals surface area contributed by atoms with E-state index < -0.39 is 0 Å². The van der Waals surface area contributed by atoms with E-state index in [1.165, 1.54) is 26.9 Å². The van der Waals surface area contributed by atoms with E-state index in [0.29, 0.717) is 0 Å². The third kappa shape index (κ3) is 1.09. The van der Waals surface area contributed by atoms with Crippen molar-refractivity contribution in [3.63, 3.8) is 0 Å². The van der Waals surface area contributed by atoms with Gasteiger partial charge in [-0.3, -0.25) is 0 Å². The molecule has 0 unspecified atom stereocenters. The van der Waals surface area contributed by atoms with E-state index in [0.717, 1.165) is 10.8 Å². The Balaban J connectivity index is 2.48. The van der Waals surface area contributed by atoms with E-state index in [1.54, 1.807) is 0 Å². The van der Waals surface area contributed by atoms with Crippen LogP contribution in [0.5, 0.6) is 0 Å². The van der Waals surface area contributed by atoms with Crippen LogP contribution in [0, 0.1) is 0 Å². The summed E-state index contributed by atoms with van der Waals surface area (Å²) in [4.78, 5) is 0. The first-order chi connectivity index (χ1) is 8.34. The summed E-state index contributed by atoms with van der Waals surface area (Å²) in [6.07, 6.45) is 0. The molecule has 0 spiro atoms. The molecule has 4 rings (SSSR count). The predicted octanol–water partition coefficient (Wildman–Crippen LogP) is 3.38. The molecule has 0 saturated carbocycles. The zero-order chi connectivity index (χ0) is 11.4. The van der Waals surface area contributed by atoms with Crippen LogP contribution < -0.4 is 5.46 Å². The van der Waals surface area contributed by atoms with E-state index in [1.807, 2.05) is 6.07 Å². The topological polar surface area (TPSA) is 0 Å². The third-order valence-corrected chi connectivity index (χ3v) is 3.56. The van der Waals surface area contributed by atoms with Gasteiger partial charge in [0.15, 0.2) is 0 Å². The Kier molecular flexibility index (Phi) is 1.60. The maximum Gasteiger partial charge on any atom is 0.114 e. The number of hydrogen-bond donors (Lipinski definition) is 0. The second-order valence-electron chi connectivity index (χ2n) is 4.51. The van der Waals surface area contributed by atoms with Crippen molar-refractivity contribution < 1.29 is 0 Å². The second kappa shape index (κ2) is 3.01. The molecule has 0 aromatic heterocycles. The molecule has 0 bridgehead atoms. The van der Waals surface area contributed by atoms with Crippen LogP contribution in [0.15, 0.2) is 54.6 Å². The molecule has 4 aromatic rings. The van der Waals surface area contributed by atoms with Gasteiger partial charge in [0.25, 0.3) is 0 Å². The highest BCUT2D eigenvalue weighted by Gasteiger charge is 2.07. The average Bonchev–Trinajstić information content (AvgIpc) is 2.38. The molecule has 0 aliphatic carbocycles. The lowest BCUT2D eigenvalue weighted by Gasteiger charge is -2.12. The van der Waals surface area contributed by atoms with E-state index in [-0.39, 0.29) is 0 Å². The predicted molar refractivity (Wildman–Crippen MR) is 75.5 cm³/mol. The van der Waals surface area contributed by atoms with Crippen molar-refractivity contribution >= 4 is 45.6 Å². The fourth-order valence-electron chi connectivity index (χ4n) is 2.76. The number of benzene rings is 4. The van der Waals surface area contributed by atoms with Crippen LogP contribution in [0.4, 0.5) is 0 Å². The van der Waals surface area contributed by atoms with E-state index in [4.69, 9.17) is 7.85 Å². The Morgan fingerprint density at radius 2 is 1.18 bits per heavy atom. The molecule has 2 radical (unpaired) electrons. The van der Waals surface area contributed by atoms with Crippen molar-refractivity contribution in [2.45, 2.75) is 0 Å². The van der Waals surface area contributed by atoms with Crippen molar-refractivity contribution in [3.8, 4) is 0 Å². The Hall–Kier alpha value is -2.02. The second-order valence-corrected chi connectivity index (χ2v) is 4.51. The molecular weight excluding hydrogens is 203 g/mol. The molecule has 0 aliphatic heterocycles. The van der Waals surface area contributed by atoms with Gasteiger partial charge >= 0.3 is 0 Å². The first-order valence-corrected chi connectivity index (χ1v) is 5.76. The van der Waals surface area contributed by atoms with Gasteiger partial charge in [-0.05, 0) is 32.3 Å². The van der Waals surface area contributed by atoms with Crippen molar-refractivity contribution in [2.75, 3.05) is 0 Å². The Bertz CT molecular complexity index is 830. The molecule has 0 amide bonds. The van der Waals surface area contributed by atoms with Gasteiger partial charge in [-0.2, -0.15) is 0 Å². The quantitative estimate of drug-likeness (QED) is 0.309. The van der Waals surface area contributed by atoms with Crippen molar-refractivity contribution in [3.05, 3.63) is 54.6 Å². The monoisotopic (exact) mass is 212 g/mol. The lowest BCUT2D eigenvalue weighted by molar-refractivity contribution is 1.80. The zero-order valence-electron chi connectivity index (χ0n) is 9.27. The van der Waals surface area contributed by atoms with E-state index >= 15 is 0 Å². The van der Waals surface area contributed by atoms with Crippen molar-refractivity contribution in [1.29, 1.82) is 0 Å². The highest BCUT2D eigenvalue weighted by Crippen LogP contribution is 2.33. The fourth-order valence-corrected chi connectivity index (χ4v) is 2.76. The van der Waals surface area contributed by atoms with Crippen LogP contribution in [0.3, 0.4) is 0 Å². The third-order valence-electron chi connectivity index (χ3n) is 3.56. The summed E-state index contributed by atoms with van der Waals surface area (Å²) in [6.45, 7) is 0. The number of rotatable bonds is 0. The van der Waals surface area contributed by atoms with E-state index in [2.05, 4.69) is 48.5 Å². The van der Waals surface area contributed by atoms with Crippen LogP contribution >= 0.6 is 0 Å². The smallest absolute Gasteiger partial charge is 0.0889 e. The lowest BCUT2D eigenvalue weighted by Crippen LogP contribution is -2.03.